The molecule has 2 amide bonds. The van der Waals surface area contributed by atoms with Gasteiger partial charge in [0.05, 0.1) is 16.6 Å². The average molecular weight is 574 g/mol. The number of rotatable bonds is 6. The number of hydrogen-bond donors (Lipinski definition) is 4. The molecule has 0 spiro atoms. The molecule has 1 aliphatic rings. The highest BCUT2D eigenvalue weighted by atomic mass is 35.5. The maximum absolute atomic E-state index is 12.9. The third-order valence-electron chi connectivity index (χ3n) is 5.97. The van der Waals surface area contributed by atoms with Crippen LogP contribution in [0.1, 0.15) is 0 Å². The second-order valence-corrected chi connectivity index (χ2v) is 9.53. The van der Waals surface area contributed by atoms with Gasteiger partial charge in [-0.25, -0.2) is 14.8 Å². The van der Waals surface area contributed by atoms with E-state index >= 15 is 0 Å². The van der Waals surface area contributed by atoms with Crippen LogP contribution < -0.4 is 31.2 Å². The quantitative estimate of drug-likeness (QED) is 0.182. The molecule has 0 fully saturated rings. The van der Waals surface area contributed by atoms with E-state index in [0.29, 0.717) is 55.1 Å². The number of fused-ring (bicyclic) bond motifs is 2. The summed E-state index contributed by atoms with van der Waals surface area (Å²) in [5.41, 5.74) is 8.31. The van der Waals surface area contributed by atoms with Gasteiger partial charge in [0.25, 0.3) is 6.29 Å². The van der Waals surface area contributed by atoms with Gasteiger partial charge >= 0.3 is 6.03 Å². The van der Waals surface area contributed by atoms with Crippen molar-refractivity contribution >= 4 is 63.4 Å². The van der Waals surface area contributed by atoms with Crippen LogP contribution in [0.3, 0.4) is 0 Å². The molecule has 10 nitrogen and oxygen atoms in total. The van der Waals surface area contributed by atoms with Gasteiger partial charge in [-0.05, 0) is 42.5 Å². The van der Waals surface area contributed by atoms with Crippen LogP contribution in [-0.4, -0.2) is 33.8 Å². The monoisotopic (exact) mass is 573 g/mol. The number of nitrogens with two attached hydrogens (primary N) is 1. The van der Waals surface area contributed by atoms with Crippen LogP contribution in [0.4, 0.5) is 27.9 Å². The summed E-state index contributed by atoms with van der Waals surface area (Å²) >= 11 is 13.0. The Kier molecular flexibility index (Phi) is 6.95. The van der Waals surface area contributed by atoms with Gasteiger partial charge in [0.2, 0.25) is 5.95 Å². The van der Waals surface area contributed by atoms with Gasteiger partial charge in [0.1, 0.15) is 5.82 Å². The fourth-order valence-electron chi connectivity index (χ4n) is 4.16. The molecule has 6 rings (SSSR count). The maximum Gasteiger partial charge on any atom is 0.324 e. The Balaban J connectivity index is 1.35. The van der Waals surface area contributed by atoms with E-state index in [1.165, 1.54) is 0 Å². The number of urea groups is 1. The molecule has 0 saturated carbocycles. The van der Waals surface area contributed by atoms with Gasteiger partial charge < -0.3 is 25.8 Å². The van der Waals surface area contributed by atoms with Crippen molar-refractivity contribution in [3.8, 4) is 22.6 Å². The first-order valence-corrected chi connectivity index (χ1v) is 12.9. The number of carbonyl (C=O) groups is 1. The number of para-hydroxylation sites is 1. The van der Waals surface area contributed by atoms with E-state index in [2.05, 4.69) is 30.9 Å². The van der Waals surface area contributed by atoms with Gasteiger partial charge in [-0.3, -0.25) is 5.32 Å². The number of anilines is 4. The molecule has 5 N–H and O–H groups in total. The molecule has 200 valence electrons. The van der Waals surface area contributed by atoms with Crippen molar-refractivity contribution in [1.29, 1.82) is 0 Å². The van der Waals surface area contributed by atoms with Crippen molar-refractivity contribution in [1.82, 2.24) is 15.0 Å². The van der Waals surface area contributed by atoms with E-state index in [9.17, 15) is 4.79 Å². The molecular formula is C28H21Cl2N7O3. The second kappa shape index (κ2) is 10.9. The van der Waals surface area contributed by atoms with Crippen molar-refractivity contribution in [2.75, 3.05) is 22.5 Å². The van der Waals surface area contributed by atoms with Gasteiger partial charge in [-0.1, -0.05) is 47.5 Å². The average Bonchev–Trinajstić information content (AvgIpc) is 3.36. The molecule has 2 aromatic heterocycles. The number of amides is 2. The molecule has 1 aliphatic heterocycles. The van der Waals surface area contributed by atoms with Crippen molar-refractivity contribution in [2.24, 2.45) is 5.73 Å². The number of halogens is 2. The Labute approximate surface area is 238 Å². The van der Waals surface area contributed by atoms with Gasteiger partial charge in [-0.15, -0.1) is 0 Å². The number of pyridine rings is 1. The van der Waals surface area contributed by atoms with Crippen LogP contribution in [0.15, 0.2) is 79.0 Å². The first kappa shape index (κ1) is 25.6. The number of carbonyl (C=O) groups excluding carboxylic acids is 1. The first-order valence-electron chi connectivity index (χ1n) is 12.2. The summed E-state index contributed by atoms with van der Waals surface area (Å²) in [7, 11) is 0. The van der Waals surface area contributed by atoms with E-state index in [4.69, 9.17) is 38.4 Å². The van der Waals surface area contributed by atoms with E-state index < -0.39 is 12.3 Å². The normalized spacial score (nSPS) is 13.7. The zero-order valence-corrected chi connectivity index (χ0v) is 22.2. The zero-order valence-electron chi connectivity index (χ0n) is 20.7. The Morgan fingerprint density at radius 1 is 0.875 bits per heavy atom. The molecule has 40 heavy (non-hydrogen) atoms. The molecule has 0 bridgehead atoms. The fourth-order valence-corrected chi connectivity index (χ4v) is 4.77. The number of aromatic nitrogens is 3. The van der Waals surface area contributed by atoms with E-state index in [0.717, 1.165) is 0 Å². The predicted molar refractivity (Wildman–Crippen MR) is 156 cm³/mol. The summed E-state index contributed by atoms with van der Waals surface area (Å²) in [5.74, 6) is 1.68. The Hall–Kier alpha value is -4.64. The van der Waals surface area contributed by atoms with Crippen molar-refractivity contribution in [2.45, 2.75) is 6.29 Å². The van der Waals surface area contributed by atoms with Crippen molar-refractivity contribution in [3.63, 3.8) is 0 Å². The summed E-state index contributed by atoms with van der Waals surface area (Å²) in [4.78, 5) is 26.6. The largest absolute Gasteiger partial charge is 0.450 e. The van der Waals surface area contributed by atoms with Crippen LogP contribution in [0.2, 0.25) is 10.0 Å². The van der Waals surface area contributed by atoms with Crippen LogP contribution in [-0.2, 0) is 0 Å². The van der Waals surface area contributed by atoms with Crippen LogP contribution >= 0.6 is 23.2 Å². The summed E-state index contributed by atoms with van der Waals surface area (Å²) in [5, 5.41) is 10.2. The summed E-state index contributed by atoms with van der Waals surface area (Å²) in [6, 6.07) is 20.9. The number of nitrogens with zero attached hydrogens (tertiary/aromatic N) is 3. The smallest absolute Gasteiger partial charge is 0.324 e. The molecular weight excluding hydrogens is 553 g/mol. The van der Waals surface area contributed by atoms with Gasteiger partial charge in [0, 0.05) is 40.2 Å². The Morgan fingerprint density at radius 3 is 2.42 bits per heavy atom. The summed E-state index contributed by atoms with van der Waals surface area (Å²) < 4.78 is 11.3. The molecule has 0 saturated heterocycles. The third kappa shape index (κ3) is 5.28. The molecule has 3 heterocycles. The predicted octanol–water partition coefficient (Wildman–Crippen LogP) is 6.44. The van der Waals surface area contributed by atoms with E-state index in [1.807, 2.05) is 24.3 Å². The van der Waals surface area contributed by atoms with E-state index in [-0.39, 0.29) is 18.3 Å². The molecule has 0 aliphatic carbocycles. The highest BCUT2D eigenvalue weighted by Crippen LogP contribution is 2.40. The lowest BCUT2D eigenvalue weighted by Crippen LogP contribution is -2.27. The number of nitrogens with one attached hydrogen (secondary N) is 3. The number of ether oxygens (including phenoxy) is 2. The van der Waals surface area contributed by atoms with Gasteiger partial charge in [-0.2, -0.15) is 4.98 Å². The van der Waals surface area contributed by atoms with Crippen molar-refractivity contribution < 1.29 is 14.3 Å². The highest BCUT2D eigenvalue weighted by molar-refractivity contribution is 6.39. The first-order chi connectivity index (χ1) is 19.5. The van der Waals surface area contributed by atoms with Crippen LogP contribution in [0.5, 0.6) is 11.5 Å². The minimum Gasteiger partial charge on any atom is -0.450 e. The second-order valence-electron chi connectivity index (χ2n) is 8.72. The number of hydrogen-bond acceptors (Lipinski definition) is 8. The molecule has 1 atom stereocenters. The lowest BCUT2D eigenvalue weighted by atomic mass is 10.0. The SMILES string of the molecule is NCC1Oc2ccc(Nc3ncc4cc(-c5c(Cl)cccc5Cl)c(NC(=O)Nc5ccccc5)nc4n3)cc2O1. The molecule has 1 unspecified atom stereocenters. The van der Waals surface area contributed by atoms with Crippen molar-refractivity contribution in [3.05, 3.63) is 89.0 Å². The minimum absolute atomic E-state index is 0.219. The molecule has 3 aromatic carbocycles. The zero-order chi connectivity index (χ0) is 27.6. The lowest BCUT2D eigenvalue weighted by molar-refractivity contribution is 0.0581. The highest BCUT2D eigenvalue weighted by Gasteiger charge is 2.23. The summed E-state index contributed by atoms with van der Waals surface area (Å²) in [6.45, 7) is 0.234. The van der Waals surface area contributed by atoms with Gasteiger partial charge in [0.15, 0.2) is 17.1 Å². The topological polar surface area (TPSA) is 136 Å². The minimum atomic E-state index is -0.516. The van der Waals surface area contributed by atoms with Crippen LogP contribution in [0.25, 0.3) is 22.2 Å². The third-order valence-corrected chi connectivity index (χ3v) is 6.60. The van der Waals surface area contributed by atoms with Crippen LogP contribution in [0, 0.1) is 0 Å². The Bertz CT molecular complexity index is 1720. The summed E-state index contributed by atoms with van der Waals surface area (Å²) in [6.07, 6.45) is 1.11. The molecule has 5 aromatic rings. The Morgan fingerprint density at radius 2 is 1.65 bits per heavy atom. The fraction of sp³-hybridized carbons (Fsp3) is 0.0714. The maximum atomic E-state index is 12.9. The molecule has 0 radical (unpaired) electrons. The molecule has 12 heteroatoms. The lowest BCUT2D eigenvalue weighted by Gasteiger charge is -2.15. The standard InChI is InChI=1S/C28H21Cl2N7O3/c29-19-7-4-8-20(30)24(19)18-11-15-14-32-27(33-17-9-10-21-22(12-17)40-23(13-31)39-21)36-25(15)35-26(18)37-28(38)34-16-5-2-1-3-6-16/h1-12,14,23H,13,31H2,(H3,32,33,34,35,36,37,38). The number of benzene rings is 3. The van der Waals surface area contributed by atoms with E-state index in [1.54, 1.807) is 54.7 Å².